The van der Waals surface area contributed by atoms with Crippen LogP contribution in [0.3, 0.4) is 0 Å². The van der Waals surface area contributed by atoms with E-state index in [4.69, 9.17) is 5.73 Å². The van der Waals surface area contributed by atoms with Crippen molar-refractivity contribution >= 4 is 11.8 Å². The van der Waals surface area contributed by atoms with Gasteiger partial charge in [-0.25, -0.2) is 4.98 Å². The van der Waals surface area contributed by atoms with Gasteiger partial charge in [-0.1, -0.05) is 13.8 Å². The quantitative estimate of drug-likeness (QED) is 0.783. The fraction of sp³-hybridized carbons (Fsp3) is 0.778. The van der Waals surface area contributed by atoms with Crippen LogP contribution in [0.1, 0.15) is 38.5 Å². The Hall–Kier alpha value is -0.550. The van der Waals surface area contributed by atoms with Gasteiger partial charge in [0.25, 0.3) is 0 Å². The predicted octanol–water partition coefficient (Wildman–Crippen LogP) is 1.71. The molecule has 1 rings (SSSR count). The smallest absolute Gasteiger partial charge is 0.167 e. The highest BCUT2D eigenvalue weighted by Crippen LogP contribution is 2.13. The Morgan fingerprint density at radius 1 is 1.43 bits per heavy atom. The van der Waals surface area contributed by atoms with Crippen LogP contribution in [0.5, 0.6) is 0 Å². The minimum Gasteiger partial charge on any atom is -0.321 e. The van der Waals surface area contributed by atoms with Gasteiger partial charge < -0.3 is 5.73 Å². The molecular formula is C9H18N4S. The second-order valence-electron chi connectivity index (χ2n) is 3.84. The number of nitrogens with two attached hydrogens (primary N) is 1. The van der Waals surface area contributed by atoms with Crippen LogP contribution in [0.25, 0.3) is 0 Å². The molecule has 0 aliphatic heterocycles. The molecule has 1 aromatic heterocycles. The molecule has 1 aromatic rings. The molecule has 1 heterocycles. The van der Waals surface area contributed by atoms with Gasteiger partial charge in [0.1, 0.15) is 5.82 Å². The number of hydrogen-bond donors (Lipinski definition) is 2. The lowest BCUT2D eigenvalue weighted by Crippen LogP contribution is -2.06. The molecule has 1 atom stereocenters. The highest BCUT2D eigenvalue weighted by Gasteiger charge is 2.06. The standard InChI is InChI=1S/C9H18N4S/c1-6(2)4-14-5-8-11-9(7(3)10)13-12-8/h6-7H,4-5,10H2,1-3H3,(H,11,12,13). The summed E-state index contributed by atoms with van der Waals surface area (Å²) >= 11 is 1.86. The van der Waals surface area contributed by atoms with Crippen LogP contribution in [-0.4, -0.2) is 20.9 Å². The van der Waals surface area contributed by atoms with Crippen molar-refractivity contribution in [3.05, 3.63) is 11.6 Å². The average Bonchev–Trinajstić information content (AvgIpc) is 2.52. The fourth-order valence-corrected chi connectivity index (χ4v) is 1.88. The molecule has 80 valence electrons. The second-order valence-corrected chi connectivity index (χ2v) is 4.87. The minimum atomic E-state index is -0.0879. The Morgan fingerprint density at radius 2 is 2.14 bits per heavy atom. The number of H-pyrrole nitrogens is 1. The summed E-state index contributed by atoms with van der Waals surface area (Å²) in [5.41, 5.74) is 5.65. The summed E-state index contributed by atoms with van der Waals surface area (Å²) in [5, 5.41) is 6.94. The molecule has 3 N–H and O–H groups in total. The molecule has 0 amide bonds. The van der Waals surface area contributed by atoms with Crippen LogP contribution < -0.4 is 5.73 Å². The highest BCUT2D eigenvalue weighted by atomic mass is 32.2. The first kappa shape index (κ1) is 11.5. The first-order valence-corrected chi connectivity index (χ1v) is 5.99. The summed E-state index contributed by atoms with van der Waals surface area (Å²) in [7, 11) is 0. The molecule has 5 heteroatoms. The van der Waals surface area contributed by atoms with Crippen molar-refractivity contribution in [2.75, 3.05) is 5.75 Å². The largest absolute Gasteiger partial charge is 0.321 e. The van der Waals surface area contributed by atoms with Crippen molar-refractivity contribution in [1.29, 1.82) is 0 Å². The third kappa shape index (κ3) is 3.67. The maximum Gasteiger partial charge on any atom is 0.167 e. The van der Waals surface area contributed by atoms with Crippen molar-refractivity contribution in [2.45, 2.75) is 32.6 Å². The van der Waals surface area contributed by atoms with Crippen molar-refractivity contribution in [2.24, 2.45) is 11.7 Å². The third-order valence-corrected chi connectivity index (χ3v) is 3.03. The van der Waals surface area contributed by atoms with Gasteiger partial charge in [-0.15, -0.1) is 0 Å². The van der Waals surface area contributed by atoms with Gasteiger partial charge >= 0.3 is 0 Å². The number of aromatic amines is 1. The first-order valence-electron chi connectivity index (χ1n) is 4.84. The summed E-state index contributed by atoms with van der Waals surface area (Å²) in [6.07, 6.45) is 0. The molecule has 0 bridgehead atoms. The van der Waals surface area contributed by atoms with E-state index in [1.54, 1.807) is 0 Å². The molecule has 14 heavy (non-hydrogen) atoms. The van der Waals surface area contributed by atoms with Gasteiger partial charge in [0.05, 0.1) is 11.8 Å². The maximum atomic E-state index is 5.65. The van der Waals surface area contributed by atoms with E-state index in [-0.39, 0.29) is 6.04 Å². The van der Waals surface area contributed by atoms with E-state index in [1.807, 2.05) is 18.7 Å². The first-order chi connectivity index (χ1) is 6.59. The van der Waals surface area contributed by atoms with Crippen molar-refractivity contribution in [3.8, 4) is 0 Å². The van der Waals surface area contributed by atoms with Gasteiger partial charge in [-0.3, -0.25) is 5.10 Å². The third-order valence-electron chi connectivity index (χ3n) is 1.65. The van der Waals surface area contributed by atoms with Crippen molar-refractivity contribution in [3.63, 3.8) is 0 Å². The molecular weight excluding hydrogens is 196 g/mol. The lowest BCUT2D eigenvalue weighted by molar-refractivity contribution is 0.744. The van der Waals surface area contributed by atoms with Crippen LogP contribution in [-0.2, 0) is 5.75 Å². The molecule has 0 spiro atoms. The molecule has 0 aliphatic rings. The monoisotopic (exact) mass is 214 g/mol. The summed E-state index contributed by atoms with van der Waals surface area (Å²) in [6.45, 7) is 6.30. The van der Waals surface area contributed by atoms with Gasteiger partial charge in [0, 0.05) is 0 Å². The van der Waals surface area contributed by atoms with Gasteiger partial charge in [0.15, 0.2) is 5.82 Å². The molecule has 4 nitrogen and oxygen atoms in total. The second kappa shape index (κ2) is 5.36. The molecule has 0 fully saturated rings. The number of rotatable bonds is 5. The zero-order valence-corrected chi connectivity index (χ0v) is 9.77. The number of thioether (sulfide) groups is 1. The molecule has 0 aliphatic carbocycles. The fourth-order valence-electron chi connectivity index (χ4n) is 0.970. The summed E-state index contributed by atoms with van der Waals surface area (Å²) in [6, 6.07) is -0.0879. The zero-order chi connectivity index (χ0) is 10.6. The number of nitrogens with zero attached hydrogens (tertiary/aromatic N) is 2. The van der Waals surface area contributed by atoms with Crippen LogP contribution in [0.2, 0.25) is 0 Å². The highest BCUT2D eigenvalue weighted by molar-refractivity contribution is 7.98. The lowest BCUT2D eigenvalue weighted by atomic mass is 10.3. The van der Waals surface area contributed by atoms with Crippen LogP contribution in [0.4, 0.5) is 0 Å². The molecule has 0 aromatic carbocycles. The topological polar surface area (TPSA) is 67.6 Å². The SMILES string of the molecule is CC(C)CSCc1nc(C(C)N)n[nH]1. The molecule has 0 saturated heterocycles. The van der Waals surface area contributed by atoms with Gasteiger partial charge in [0.2, 0.25) is 0 Å². The summed E-state index contributed by atoms with van der Waals surface area (Å²) in [4.78, 5) is 4.29. The van der Waals surface area contributed by atoms with Crippen LogP contribution >= 0.6 is 11.8 Å². The van der Waals surface area contributed by atoms with E-state index in [0.717, 1.165) is 23.2 Å². The summed E-state index contributed by atoms with van der Waals surface area (Å²) in [5.74, 6) is 4.37. The van der Waals surface area contributed by atoms with E-state index in [2.05, 4.69) is 29.0 Å². The van der Waals surface area contributed by atoms with Crippen LogP contribution in [0, 0.1) is 5.92 Å². The minimum absolute atomic E-state index is 0.0879. The summed E-state index contributed by atoms with van der Waals surface area (Å²) < 4.78 is 0. The van der Waals surface area contributed by atoms with E-state index < -0.39 is 0 Å². The number of aromatic nitrogens is 3. The van der Waals surface area contributed by atoms with Crippen molar-refractivity contribution < 1.29 is 0 Å². The average molecular weight is 214 g/mol. The molecule has 0 saturated carbocycles. The Balaban J connectivity index is 2.36. The van der Waals surface area contributed by atoms with E-state index >= 15 is 0 Å². The normalized spacial score (nSPS) is 13.5. The van der Waals surface area contributed by atoms with Crippen LogP contribution in [0.15, 0.2) is 0 Å². The lowest BCUT2D eigenvalue weighted by Gasteiger charge is -2.01. The molecule has 1 unspecified atom stereocenters. The van der Waals surface area contributed by atoms with Gasteiger partial charge in [-0.2, -0.15) is 16.9 Å². The van der Waals surface area contributed by atoms with Gasteiger partial charge in [-0.05, 0) is 18.6 Å². The van der Waals surface area contributed by atoms with Crippen molar-refractivity contribution in [1.82, 2.24) is 15.2 Å². The number of hydrogen-bond acceptors (Lipinski definition) is 4. The Morgan fingerprint density at radius 3 is 2.64 bits per heavy atom. The molecule has 0 radical (unpaired) electrons. The van der Waals surface area contributed by atoms with E-state index in [9.17, 15) is 0 Å². The Kier molecular flexibility index (Phi) is 4.41. The predicted molar refractivity (Wildman–Crippen MR) is 60.0 cm³/mol. The Labute approximate surface area is 89.1 Å². The zero-order valence-electron chi connectivity index (χ0n) is 8.95. The van der Waals surface area contributed by atoms with E-state index in [0.29, 0.717) is 5.82 Å². The number of nitrogens with one attached hydrogen (secondary N) is 1. The maximum absolute atomic E-state index is 5.65. The van der Waals surface area contributed by atoms with E-state index in [1.165, 1.54) is 0 Å². The Bertz CT molecular complexity index is 270.